The summed E-state index contributed by atoms with van der Waals surface area (Å²) in [4.78, 5) is 24.5. The maximum atomic E-state index is 12.4. The number of carbonyl (C=O) groups excluding carboxylic acids is 1. The molecule has 6 nitrogen and oxygen atoms in total. The van der Waals surface area contributed by atoms with Gasteiger partial charge in [-0.1, -0.05) is 18.2 Å². The molecule has 2 heterocycles. The summed E-state index contributed by atoms with van der Waals surface area (Å²) in [5.41, 5.74) is -0.0127. The van der Waals surface area contributed by atoms with Crippen molar-refractivity contribution in [3.05, 3.63) is 70.7 Å². The van der Waals surface area contributed by atoms with E-state index in [0.717, 1.165) is 4.57 Å². The third kappa shape index (κ3) is 2.50. The van der Waals surface area contributed by atoms with Crippen LogP contribution in [0.2, 0.25) is 0 Å². The zero-order chi connectivity index (χ0) is 16.4. The Hall–Kier alpha value is -3.28. The first-order valence-corrected chi connectivity index (χ1v) is 6.80. The molecule has 6 heteroatoms. The first-order valence-electron chi connectivity index (χ1n) is 6.80. The van der Waals surface area contributed by atoms with Gasteiger partial charge in [0.1, 0.15) is 11.3 Å². The van der Waals surface area contributed by atoms with Crippen LogP contribution >= 0.6 is 0 Å². The van der Waals surface area contributed by atoms with Crippen LogP contribution in [0.25, 0.3) is 17.0 Å². The van der Waals surface area contributed by atoms with Crippen molar-refractivity contribution in [2.24, 2.45) is 0 Å². The zero-order valence-electron chi connectivity index (χ0n) is 12.2. The molecule has 0 bridgehead atoms. The fraction of sp³-hybridized carbons (Fsp3) is 0.0588. The molecule has 0 saturated heterocycles. The van der Waals surface area contributed by atoms with Gasteiger partial charge in [-0.15, -0.1) is 0 Å². The van der Waals surface area contributed by atoms with Gasteiger partial charge in [0.25, 0.3) is 5.56 Å². The number of aromatic nitrogens is 1. The van der Waals surface area contributed by atoms with Crippen LogP contribution in [0.4, 0.5) is 0 Å². The lowest BCUT2D eigenvalue weighted by atomic mass is 10.1. The first-order chi connectivity index (χ1) is 11.1. The number of aromatic hydroxyl groups is 1. The second-order valence-electron chi connectivity index (χ2n) is 4.73. The second-order valence-corrected chi connectivity index (χ2v) is 4.73. The van der Waals surface area contributed by atoms with Gasteiger partial charge in [0.05, 0.1) is 19.1 Å². The van der Waals surface area contributed by atoms with Crippen LogP contribution in [0.3, 0.4) is 0 Å². The van der Waals surface area contributed by atoms with Gasteiger partial charge >= 0.3 is 5.97 Å². The topological polar surface area (TPSA) is 81.7 Å². The van der Waals surface area contributed by atoms with Gasteiger partial charge in [0.15, 0.2) is 0 Å². The summed E-state index contributed by atoms with van der Waals surface area (Å²) in [7, 11) is 1.20. The molecule has 0 aliphatic heterocycles. The van der Waals surface area contributed by atoms with Crippen LogP contribution in [0.5, 0.6) is 5.88 Å². The number of ether oxygens (including phenoxy) is 1. The SMILES string of the molecule is COC(=O)c1c(-c2ccco2)cc(=O)n(-c2ccccc2)c1O. The van der Waals surface area contributed by atoms with E-state index in [1.807, 2.05) is 0 Å². The standard InChI is InChI=1S/C17H13NO5/c1-22-17(21)15-12(13-8-5-9-23-13)10-14(19)18(16(15)20)11-6-3-2-4-7-11/h2-10,20H,1H3. The Labute approximate surface area is 131 Å². The highest BCUT2D eigenvalue weighted by atomic mass is 16.5. The average molecular weight is 311 g/mol. The van der Waals surface area contributed by atoms with E-state index in [0.29, 0.717) is 5.69 Å². The zero-order valence-corrected chi connectivity index (χ0v) is 12.2. The van der Waals surface area contributed by atoms with Gasteiger partial charge in [-0.25, -0.2) is 9.36 Å². The van der Waals surface area contributed by atoms with Crippen molar-refractivity contribution >= 4 is 5.97 Å². The molecule has 0 saturated carbocycles. The highest BCUT2D eigenvalue weighted by Crippen LogP contribution is 2.30. The van der Waals surface area contributed by atoms with Crippen LogP contribution in [0, 0.1) is 0 Å². The number of para-hydroxylation sites is 1. The summed E-state index contributed by atoms with van der Waals surface area (Å²) in [6.45, 7) is 0. The Bertz CT molecular complexity index is 895. The molecule has 0 unspecified atom stereocenters. The minimum Gasteiger partial charge on any atom is -0.493 e. The summed E-state index contributed by atoms with van der Waals surface area (Å²) in [5, 5.41) is 10.5. The van der Waals surface area contributed by atoms with Crippen LogP contribution < -0.4 is 5.56 Å². The molecule has 116 valence electrons. The average Bonchev–Trinajstić information content (AvgIpc) is 3.09. The van der Waals surface area contributed by atoms with Gasteiger partial charge in [-0.3, -0.25) is 4.79 Å². The lowest BCUT2D eigenvalue weighted by molar-refractivity contribution is 0.0596. The third-order valence-electron chi connectivity index (χ3n) is 3.38. The molecule has 0 spiro atoms. The van der Waals surface area contributed by atoms with Crippen LogP contribution in [-0.4, -0.2) is 22.8 Å². The van der Waals surface area contributed by atoms with Gasteiger partial charge in [-0.2, -0.15) is 0 Å². The minimum atomic E-state index is -0.765. The monoisotopic (exact) mass is 311 g/mol. The maximum absolute atomic E-state index is 12.4. The highest BCUT2D eigenvalue weighted by molar-refractivity contribution is 5.98. The lowest BCUT2D eigenvalue weighted by Gasteiger charge is -2.14. The Morgan fingerprint density at radius 2 is 1.91 bits per heavy atom. The Morgan fingerprint density at radius 1 is 1.17 bits per heavy atom. The van der Waals surface area contributed by atoms with Gasteiger partial charge in [0, 0.05) is 11.6 Å². The maximum Gasteiger partial charge on any atom is 0.344 e. The number of benzene rings is 1. The van der Waals surface area contributed by atoms with Gasteiger partial charge in [0.2, 0.25) is 5.88 Å². The number of methoxy groups -OCH3 is 1. The summed E-state index contributed by atoms with van der Waals surface area (Å²) in [6, 6.07) is 13.0. The molecule has 1 aromatic carbocycles. The summed E-state index contributed by atoms with van der Waals surface area (Å²) in [5.74, 6) is -0.974. The fourth-order valence-corrected chi connectivity index (χ4v) is 2.35. The third-order valence-corrected chi connectivity index (χ3v) is 3.38. The number of carbonyl (C=O) groups is 1. The van der Waals surface area contributed by atoms with E-state index in [4.69, 9.17) is 9.15 Å². The largest absolute Gasteiger partial charge is 0.493 e. The predicted molar refractivity (Wildman–Crippen MR) is 82.7 cm³/mol. The summed E-state index contributed by atoms with van der Waals surface area (Å²) < 4.78 is 11.0. The van der Waals surface area contributed by atoms with Crippen molar-refractivity contribution < 1.29 is 19.1 Å². The molecule has 0 aliphatic carbocycles. The van der Waals surface area contributed by atoms with E-state index in [-0.39, 0.29) is 16.9 Å². The molecule has 0 radical (unpaired) electrons. The van der Waals surface area contributed by atoms with Crippen molar-refractivity contribution in [1.82, 2.24) is 4.57 Å². The number of hydrogen-bond acceptors (Lipinski definition) is 5. The van der Waals surface area contributed by atoms with Crippen molar-refractivity contribution in [3.8, 4) is 22.9 Å². The highest BCUT2D eigenvalue weighted by Gasteiger charge is 2.24. The number of esters is 1. The molecule has 0 atom stereocenters. The van der Waals surface area contributed by atoms with Gasteiger partial charge < -0.3 is 14.3 Å². The fourth-order valence-electron chi connectivity index (χ4n) is 2.35. The molecule has 0 amide bonds. The molecule has 2 aromatic heterocycles. The normalized spacial score (nSPS) is 10.5. The van der Waals surface area contributed by atoms with E-state index in [9.17, 15) is 14.7 Å². The second kappa shape index (κ2) is 5.84. The molecular weight excluding hydrogens is 298 g/mol. The Balaban J connectivity index is 2.34. The number of pyridine rings is 1. The quantitative estimate of drug-likeness (QED) is 0.752. The smallest absolute Gasteiger partial charge is 0.344 e. The van der Waals surface area contributed by atoms with Crippen molar-refractivity contribution in [3.63, 3.8) is 0 Å². The van der Waals surface area contributed by atoms with Crippen molar-refractivity contribution in [2.45, 2.75) is 0 Å². The van der Waals surface area contributed by atoms with Crippen LogP contribution in [0.1, 0.15) is 10.4 Å². The van der Waals surface area contributed by atoms with Crippen molar-refractivity contribution in [2.75, 3.05) is 7.11 Å². The number of rotatable bonds is 3. The molecule has 23 heavy (non-hydrogen) atoms. The van der Waals surface area contributed by atoms with E-state index in [1.165, 1.54) is 19.4 Å². The first kappa shape index (κ1) is 14.6. The van der Waals surface area contributed by atoms with E-state index < -0.39 is 17.4 Å². The number of hydrogen-bond donors (Lipinski definition) is 1. The van der Waals surface area contributed by atoms with Gasteiger partial charge in [-0.05, 0) is 24.3 Å². The van der Waals surface area contributed by atoms with Crippen molar-refractivity contribution in [1.29, 1.82) is 0 Å². The van der Waals surface area contributed by atoms with Crippen LogP contribution in [-0.2, 0) is 4.74 Å². The van der Waals surface area contributed by atoms with E-state index in [1.54, 1.807) is 42.5 Å². The number of furan rings is 1. The molecule has 3 aromatic rings. The minimum absolute atomic E-state index is 0.133. The Morgan fingerprint density at radius 3 is 2.52 bits per heavy atom. The predicted octanol–water partition coefficient (Wildman–Crippen LogP) is 2.59. The Kier molecular flexibility index (Phi) is 3.72. The molecule has 3 rings (SSSR count). The van der Waals surface area contributed by atoms with Crippen LogP contribution in [0.15, 0.2) is 64.0 Å². The van der Waals surface area contributed by atoms with E-state index in [2.05, 4.69) is 0 Å². The molecule has 1 N–H and O–H groups in total. The number of nitrogens with zero attached hydrogens (tertiary/aromatic N) is 1. The molecule has 0 aliphatic rings. The molecule has 0 fully saturated rings. The van der Waals surface area contributed by atoms with E-state index >= 15 is 0 Å². The molecular formula is C17H13NO5. The lowest BCUT2D eigenvalue weighted by Crippen LogP contribution is -2.21. The summed E-state index contributed by atoms with van der Waals surface area (Å²) in [6.07, 6.45) is 1.41. The summed E-state index contributed by atoms with van der Waals surface area (Å²) >= 11 is 0.